The smallest absolute Gasteiger partial charge is 0.255 e. The first-order chi connectivity index (χ1) is 20.9. The Kier molecular flexibility index (Phi) is 8.36. The monoisotopic (exact) mass is 612 g/mol. The first-order valence-electron chi connectivity index (χ1n) is 14.5. The Hall–Kier alpha value is -3.95. The fourth-order valence-electron chi connectivity index (χ4n) is 5.75. The summed E-state index contributed by atoms with van der Waals surface area (Å²) in [5, 5.41) is 10.6. The van der Waals surface area contributed by atoms with Crippen LogP contribution in [0.5, 0.6) is 0 Å². The molecule has 1 saturated heterocycles. The van der Waals surface area contributed by atoms with Crippen molar-refractivity contribution >= 4 is 57.2 Å². The molecule has 0 bridgehead atoms. The number of halogens is 1. The van der Waals surface area contributed by atoms with Gasteiger partial charge in [-0.25, -0.2) is 4.98 Å². The van der Waals surface area contributed by atoms with Gasteiger partial charge in [0.05, 0.1) is 21.4 Å². The van der Waals surface area contributed by atoms with Crippen LogP contribution in [0.25, 0.3) is 22.1 Å². The summed E-state index contributed by atoms with van der Waals surface area (Å²) < 4.78 is 2.19. The number of thioether (sulfide) groups is 1. The second-order valence-corrected chi connectivity index (χ2v) is 12.5. The molecule has 2 amide bonds. The standard InChI is InChI=1S/C33H33ClN6O2S/c1-4-28(32(42)38-17-18-39(22(3)19-38)31(41)24-13-7-9-15-26(24)34)43-33-35-30-29(36-37-33)25-14-8-10-16-27(25)40(30)20-23-12-6-5-11-21(23)2/h5-16,22,28H,4,17-20H2,1-3H3. The van der Waals surface area contributed by atoms with Gasteiger partial charge in [-0.1, -0.05) is 84.9 Å². The van der Waals surface area contributed by atoms with Gasteiger partial charge in [0.25, 0.3) is 5.91 Å². The molecular formula is C33H33ClN6O2S. The zero-order valence-corrected chi connectivity index (χ0v) is 26.0. The van der Waals surface area contributed by atoms with Crippen molar-refractivity contribution in [2.45, 2.75) is 50.2 Å². The topological polar surface area (TPSA) is 84.2 Å². The summed E-state index contributed by atoms with van der Waals surface area (Å²) in [6.45, 7) is 8.09. The predicted octanol–water partition coefficient (Wildman–Crippen LogP) is 6.23. The van der Waals surface area contributed by atoms with Crippen LogP contribution in [0.4, 0.5) is 0 Å². The lowest BCUT2D eigenvalue weighted by Crippen LogP contribution is -2.56. The average Bonchev–Trinajstić information content (AvgIpc) is 3.33. The van der Waals surface area contributed by atoms with Crippen molar-refractivity contribution < 1.29 is 9.59 Å². The number of carbonyl (C=O) groups is 2. The molecule has 0 spiro atoms. The largest absolute Gasteiger partial charge is 0.338 e. The molecule has 10 heteroatoms. The minimum atomic E-state index is -0.369. The Morgan fingerprint density at radius 3 is 2.51 bits per heavy atom. The molecule has 5 aromatic rings. The molecule has 8 nitrogen and oxygen atoms in total. The predicted molar refractivity (Wildman–Crippen MR) is 172 cm³/mol. The first kappa shape index (κ1) is 29.1. The zero-order chi connectivity index (χ0) is 30.1. The summed E-state index contributed by atoms with van der Waals surface area (Å²) in [6, 6.07) is 23.4. The minimum Gasteiger partial charge on any atom is -0.338 e. The van der Waals surface area contributed by atoms with E-state index in [1.165, 1.54) is 22.9 Å². The van der Waals surface area contributed by atoms with Crippen LogP contribution in [0.2, 0.25) is 5.02 Å². The summed E-state index contributed by atoms with van der Waals surface area (Å²) in [6.07, 6.45) is 0.615. The number of fused-ring (bicyclic) bond motifs is 3. The van der Waals surface area contributed by atoms with E-state index >= 15 is 0 Å². The van der Waals surface area contributed by atoms with E-state index in [1.54, 1.807) is 17.0 Å². The third-order valence-corrected chi connectivity index (χ3v) is 9.68. The van der Waals surface area contributed by atoms with Gasteiger partial charge in [-0.15, -0.1) is 10.2 Å². The van der Waals surface area contributed by atoms with E-state index in [1.807, 2.05) is 55.1 Å². The molecular weight excluding hydrogens is 580 g/mol. The van der Waals surface area contributed by atoms with Gasteiger partial charge in [-0.2, -0.15) is 0 Å². The van der Waals surface area contributed by atoms with E-state index in [0.29, 0.717) is 48.3 Å². The Morgan fingerprint density at radius 2 is 1.74 bits per heavy atom. The Balaban J connectivity index is 1.22. The number of para-hydroxylation sites is 1. The third kappa shape index (κ3) is 5.71. The van der Waals surface area contributed by atoms with Crippen LogP contribution in [-0.4, -0.2) is 72.3 Å². The van der Waals surface area contributed by atoms with Crippen molar-refractivity contribution in [1.29, 1.82) is 0 Å². The van der Waals surface area contributed by atoms with Gasteiger partial charge in [0.15, 0.2) is 5.65 Å². The SMILES string of the molecule is CCC(Sc1nnc2c3ccccc3n(Cc3ccccc3C)c2n1)C(=O)N1CCN(C(=O)c2ccccc2Cl)C(C)C1. The highest BCUT2D eigenvalue weighted by atomic mass is 35.5. The average molecular weight is 613 g/mol. The summed E-state index contributed by atoms with van der Waals surface area (Å²) in [5.41, 5.74) is 5.46. The number of aromatic nitrogens is 4. The number of nitrogens with zero attached hydrogens (tertiary/aromatic N) is 6. The van der Waals surface area contributed by atoms with Crippen molar-refractivity contribution in [3.05, 3.63) is 94.5 Å². The van der Waals surface area contributed by atoms with Gasteiger partial charge in [-0.3, -0.25) is 9.59 Å². The second-order valence-electron chi connectivity index (χ2n) is 10.9. The van der Waals surface area contributed by atoms with Crippen molar-refractivity contribution in [1.82, 2.24) is 29.5 Å². The molecule has 220 valence electrons. The lowest BCUT2D eigenvalue weighted by molar-refractivity contribution is -0.133. The van der Waals surface area contributed by atoms with Crippen LogP contribution < -0.4 is 0 Å². The number of amides is 2. The maximum atomic E-state index is 13.7. The summed E-state index contributed by atoms with van der Waals surface area (Å²) in [4.78, 5) is 35.5. The van der Waals surface area contributed by atoms with Crippen molar-refractivity contribution in [2.24, 2.45) is 0 Å². The van der Waals surface area contributed by atoms with Crippen LogP contribution >= 0.6 is 23.4 Å². The van der Waals surface area contributed by atoms with Gasteiger partial charge in [0.2, 0.25) is 11.1 Å². The van der Waals surface area contributed by atoms with E-state index in [0.717, 1.165) is 22.1 Å². The molecule has 6 rings (SSSR count). The van der Waals surface area contributed by atoms with Gasteiger partial charge in [0.1, 0.15) is 5.52 Å². The fraction of sp³-hybridized carbons (Fsp3) is 0.303. The number of carbonyl (C=O) groups excluding carboxylic acids is 2. The van der Waals surface area contributed by atoms with Gasteiger partial charge in [0, 0.05) is 37.6 Å². The van der Waals surface area contributed by atoms with Crippen LogP contribution in [0.1, 0.15) is 41.8 Å². The molecule has 1 aliphatic heterocycles. The molecule has 2 unspecified atom stereocenters. The Morgan fingerprint density at radius 1 is 1.00 bits per heavy atom. The number of hydrogen-bond donors (Lipinski definition) is 0. The Labute approximate surface area is 260 Å². The van der Waals surface area contributed by atoms with E-state index in [2.05, 4.69) is 46.0 Å². The second kappa shape index (κ2) is 12.3. The molecule has 43 heavy (non-hydrogen) atoms. The van der Waals surface area contributed by atoms with E-state index in [-0.39, 0.29) is 23.1 Å². The number of benzene rings is 3. The van der Waals surface area contributed by atoms with Crippen LogP contribution in [0.15, 0.2) is 78.0 Å². The van der Waals surface area contributed by atoms with Crippen molar-refractivity contribution in [2.75, 3.05) is 19.6 Å². The van der Waals surface area contributed by atoms with Gasteiger partial charge >= 0.3 is 0 Å². The quantitative estimate of drug-likeness (QED) is 0.203. The van der Waals surface area contributed by atoms with E-state index < -0.39 is 0 Å². The van der Waals surface area contributed by atoms with Crippen LogP contribution in [0.3, 0.4) is 0 Å². The number of hydrogen-bond acceptors (Lipinski definition) is 6. The van der Waals surface area contributed by atoms with Crippen LogP contribution in [-0.2, 0) is 11.3 Å². The molecule has 1 aliphatic rings. The minimum absolute atomic E-state index is 0.0216. The molecule has 0 radical (unpaired) electrons. The fourth-order valence-corrected chi connectivity index (χ4v) is 6.86. The van der Waals surface area contributed by atoms with Gasteiger partial charge < -0.3 is 14.4 Å². The normalized spacial score (nSPS) is 16.1. The van der Waals surface area contributed by atoms with Crippen LogP contribution in [0, 0.1) is 6.92 Å². The number of rotatable bonds is 7. The summed E-state index contributed by atoms with van der Waals surface area (Å²) >= 11 is 7.64. The maximum Gasteiger partial charge on any atom is 0.255 e. The molecule has 2 atom stereocenters. The molecule has 0 N–H and O–H groups in total. The van der Waals surface area contributed by atoms with Crippen molar-refractivity contribution in [3.63, 3.8) is 0 Å². The summed E-state index contributed by atoms with van der Waals surface area (Å²) in [5.74, 6) is -0.0891. The molecule has 3 heterocycles. The molecule has 3 aromatic carbocycles. The lowest BCUT2D eigenvalue weighted by atomic mass is 10.1. The molecule has 0 aliphatic carbocycles. The first-order valence-corrected chi connectivity index (χ1v) is 15.8. The Bertz CT molecular complexity index is 1820. The third-order valence-electron chi connectivity index (χ3n) is 8.14. The zero-order valence-electron chi connectivity index (χ0n) is 24.4. The van der Waals surface area contributed by atoms with Gasteiger partial charge in [-0.05, 0) is 49.6 Å². The molecule has 2 aromatic heterocycles. The highest BCUT2D eigenvalue weighted by molar-refractivity contribution is 8.00. The number of aryl methyl sites for hydroxylation is 1. The van der Waals surface area contributed by atoms with E-state index in [4.69, 9.17) is 16.6 Å². The van der Waals surface area contributed by atoms with E-state index in [9.17, 15) is 9.59 Å². The summed E-state index contributed by atoms with van der Waals surface area (Å²) in [7, 11) is 0. The maximum absolute atomic E-state index is 13.7. The highest BCUT2D eigenvalue weighted by Gasteiger charge is 2.34. The molecule has 0 saturated carbocycles. The number of piperazine rings is 1. The highest BCUT2D eigenvalue weighted by Crippen LogP contribution is 2.31. The molecule has 1 fully saturated rings. The lowest BCUT2D eigenvalue weighted by Gasteiger charge is -2.41. The van der Waals surface area contributed by atoms with Crippen molar-refractivity contribution in [3.8, 4) is 0 Å².